The Kier molecular flexibility index (Phi) is 4.87. The molecule has 1 heterocycles. The lowest BCUT2D eigenvalue weighted by molar-refractivity contribution is 0.0214. The lowest BCUT2D eigenvalue weighted by Crippen LogP contribution is -2.59. The number of hydrogen-bond donors (Lipinski definition) is 1. The fourth-order valence-electron chi connectivity index (χ4n) is 5.78. The average Bonchev–Trinajstić information content (AvgIpc) is 2.68. The molecule has 0 aromatic heterocycles. The van der Waals surface area contributed by atoms with E-state index < -0.39 is 0 Å². The topological polar surface area (TPSA) is 32.7 Å². The van der Waals surface area contributed by atoms with Crippen LogP contribution in [0.4, 0.5) is 0 Å². The predicted molar refractivity (Wildman–Crippen MR) is 106 cm³/mol. The van der Waals surface area contributed by atoms with Crippen LogP contribution in [0.1, 0.15) is 56.6 Å². The van der Waals surface area contributed by atoms with Gasteiger partial charge in [0.25, 0.3) is 0 Å². The molecule has 26 heavy (non-hydrogen) atoms. The fraction of sp³-hybridized carbons (Fsp3) is 0.652. The molecule has 0 amide bonds. The van der Waals surface area contributed by atoms with E-state index in [0.717, 1.165) is 44.3 Å². The minimum Gasteiger partial charge on any atom is -0.497 e. The monoisotopic (exact) mass is 355 g/mol. The van der Waals surface area contributed by atoms with E-state index in [-0.39, 0.29) is 11.5 Å². The second-order valence-corrected chi connectivity index (χ2v) is 8.63. The molecule has 4 atom stereocenters. The number of fused-ring (bicyclic) bond motifs is 1. The predicted octanol–water partition coefficient (Wildman–Crippen LogP) is 4.08. The Balaban J connectivity index is 1.72. The van der Waals surface area contributed by atoms with Crippen molar-refractivity contribution in [1.29, 1.82) is 0 Å². The number of unbranched alkanes of at least 4 members (excludes halogenated alkanes) is 1. The first kappa shape index (κ1) is 18.1. The molecule has 2 unspecified atom stereocenters. The minimum absolute atomic E-state index is 0.229. The van der Waals surface area contributed by atoms with Gasteiger partial charge in [0.2, 0.25) is 0 Å². The Bertz CT molecular complexity index is 697. The number of benzene rings is 1. The highest BCUT2D eigenvalue weighted by Crippen LogP contribution is 2.56. The first-order valence-electron chi connectivity index (χ1n) is 10.3. The lowest BCUT2D eigenvalue weighted by atomic mass is 9.52. The average molecular weight is 356 g/mol. The van der Waals surface area contributed by atoms with Gasteiger partial charge in [-0.3, -0.25) is 0 Å². The van der Waals surface area contributed by atoms with Crippen LogP contribution in [-0.4, -0.2) is 42.9 Å². The Labute approximate surface area is 158 Å². The van der Waals surface area contributed by atoms with Gasteiger partial charge in [0.15, 0.2) is 0 Å². The molecule has 0 radical (unpaired) electrons. The number of methoxy groups -OCH3 is 1. The molecular weight excluding hydrogens is 322 g/mol. The zero-order chi connectivity index (χ0) is 18.3. The largest absolute Gasteiger partial charge is 0.497 e. The number of aliphatic hydroxyl groups is 1. The van der Waals surface area contributed by atoms with Crippen molar-refractivity contribution in [1.82, 2.24) is 4.90 Å². The summed E-state index contributed by atoms with van der Waals surface area (Å²) in [5, 5.41) is 10.7. The zero-order valence-electron chi connectivity index (χ0n) is 16.5. The molecule has 1 fully saturated rings. The number of hydrogen-bond acceptors (Lipinski definition) is 3. The molecule has 4 rings (SSSR count). The van der Waals surface area contributed by atoms with Crippen molar-refractivity contribution in [2.45, 2.75) is 69.4 Å². The molecule has 142 valence electrons. The first-order chi connectivity index (χ1) is 12.6. The van der Waals surface area contributed by atoms with E-state index in [2.05, 4.69) is 43.1 Å². The van der Waals surface area contributed by atoms with E-state index in [1.807, 2.05) is 0 Å². The highest BCUT2D eigenvalue weighted by atomic mass is 16.5. The van der Waals surface area contributed by atoms with Gasteiger partial charge >= 0.3 is 0 Å². The van der Waals surface area contributed by atoms with Gasteiger partial charge in [-0.05, 0) is 80.4 Å². The Morgan fingerprint density at radius 3 is 2.96 bits per heavy atom. The Hall–Kier alpha value is -1.32. The van der Waals surface area contributed by atoms with E-state index in [4.69, 9.17) is 4.74 Å². The molecule has 3 aliphatic rings. The molecular formula is C23H33NO2. The van der Waals surface area contributed by atoms with Crippen molar-refractivity contribution < 1.29 is 9.84 Å². The minimum atomic E-state index is -0.245. The highest BCUT2D eigenvalue weighted by Gasteiger charge is 2.53. The summed E-state index contributed by atoms with van der Waals surface area (Å²) >= 11 is 0. The molecule has 1 aromatic carbocycles. The van der Waals surface area contributed by atoms with Crippen molar-refractivity contribution >= 4 is 0 Å². The van der Waals surface area contributed by atoms with Gasteiger partial charge in [-0.15, -0.1) is 0 Å². The summed E-state index contributed by atoms with van der Waals surface area (Å²) in [5.74, 6) is 1.59. The number of aliphatic hydroxyl groups excluding tert-OH is 1. The van der Waals surface area contributed by atoms with Crippen LogP contribution < -0.4 is 4.74 Å². The van der Waals surface area contributed by atoms with Gasteiger partial charge in [0.1, 0.15) is 5.75 Å². The van der Waals surface area contributed by atoms with E-state index in [1.165, 1.54) is 29.7 Å². The zero-order valence-corrected chi connectivity index (χ0v) is 16.5. The maximum absolute atomic E-state index is 10.7. The van der Waals surface area contributed by atoms with Gasteiger partial charge in [-0.2, -0.15) is 0 Å². The molecule has 0 saturated carbocycles. The summed E-state index contributed by atoms with van der Waals surface area (Å²) in [5.41, 5.74) is 4.55. The van der Waals surface area contributed by atoms with Crippen LogP contribution in [0.5, 0.6) is 5.75 Å². The smallest absolute Gasteiger partial charge is 0.119 e. The number of ether oxygens (including phenoxy) is 1. The molecule has 2 aliphatic carbocycles. The SMILES string of the molecule is CCCC[C@H](O)C1=CCC23CCN(C)C(Cc4ccc(OC)cc42)[C@H]3C1. The number of piperidine rings is 1. The van der Waals surface area contributed by atoms with E-state index >= 15 is 0 Å². The van der Waals surface area contributed by atoms with Gasteiger partial charge < -0.3 is 14.7 Å². The standard InChI is InChI=1S/C23H33NO2/c1-4-5-6-22(25)17-9-10-23-11-12-24(2)21(20(23)13-17)14-16-7-8-18(26-3)15-19(16)23/h7-9,15,20-22,25H,4-6,10-14H2,1-3H3/t20-,21?,22+,23?/m1/s1. The van der Waals surface area contributed by atoms with E-state index in [1.54, 1.807) is 7.11 Å². The number of nitrogens with zero attached hydrogens (tertiary/aromatic N) is 1. The Morgan fingerprint density at radius 2 is 2.19 bits per heavy atom. The summed E-state index contributed by atoms with van der Waals surface area (Å²) in [4.78, 5) is 2.57. The first-order valence-corrected chi connectivity index (χ1v) is 10.3. The van der Waals surface area contributed by atoms with Gasteiger partial charge in [-0.25, -0.2) is 0 Å². The number of rotatable bonds is 5. The molecule has 1 aromatic rings. The maximum Gasteiger partial charge on any atom is 0.119 e. The summed E-state index contributed by atoms with van der Waals surface area (Å²) in [7, 11) is 4.05. The molecule has 0 spiro atoms. The Morgan fingerprint density at radius 1 is 1.35 bits per heavy atom. The van der Waals surface area contributed by atoms with E-state index in [0.29, 0.717) is 12.0 Å². The van der Waals surface area contributed by atoms with Crippen LogP contribution in [-0.2, 0) is 11.8 Å². The van der Waals surface area contributed by atoms with Crippen LogP contribution in [0.3, 0.4) is 0 Å². The summed E-state index contributed by atoms with van der Waals surface area (Å²) < 4.78 is 5.55. The number of likely N-dealkylation sites (tertiary alicyclic amines) is 1. The van der Waals surface area contributed by atoms with Crippen molar-refractivity contribution in [3.05, 3.63) is 41.0 Å². The quantitative estimate of drug-likeness (QED) is 0.808. The van der Waals surface area contributed by atoms with Crippen LogP contribution in [0, 0.1) is 5.92 Å². The molecule has 1 saturated heterocycles. The third kappa shape index (κ3) is 2.80. The number of allylic oxidation sites excluding steroid dienone is 1. The maximum atomic E-state index is 10.7. The van der Waals surface area contributed by atoms with Gasteiger partial charge in [0.05, 0.1) is 13.2 Å². The van der Waals surface area contributed by atoms with Crippen molar-refractivity contribution in [3.63, 3.8) is 0 Å². The molecule has 3 nitrogen and oxygen atoms in total. The summed E-state index contributed by atoms with van der Waals surface area (Å²) in [6.45, 7) is 3.36. The summed E-state index contributed by atoms with van der Waals surface area (Å²) in [6.07, 6.45) is 9.76. The van der Waals surface area contributed by atoms with Gasteiger partial charge in [-0.1, -0.05) is 31.9 Å². The third-order valence-corrected chi connectivity index (χ3v) is 7.38. The third-order valence-electron chi connectivity index (χ3n) is 7.38. The normalized spacial score (nSPS) is 31.6. The van der Waals surface area contributed by atoms with Crippen molar-refractivity contribution in [2.24, 2.45) is 5.92 Å². The van der Waals surface area contributed by atoms with E-state index in [9.17, 15) is 5.11 Å². The fourth-order valence-corrected chi connectivity index (χ4v) is 5.78. The van der Waals surface area contributed by atoms with Crippen molar-refractivity contribution in [3.8, 4) is 5.75 Å². The lowest BCUT2D eigenvalue weighted by Gasteiger charge is -2.58. The highest BCUT2D eigenvalue weighted by molar-refractivity contribution is 5.47. The van der Waals surface area contributed by atoms with Crippen LogP contribution >= 0.6 is 0 Å². The van der Waals surface area contributed by atoms with Crippen molar-refractivity contribution in [2.75, 3.05) is 20.7 Å². The number of likely N-dealkylation sites (N-methyl/N-ethyl adjacent to an activating group) is 1. The molecule has 2 bridgehead atoms. The van der Waals surface area contributed by atoms with Crippen LogP contribution in [0.15, 0.2) is 29.8 Å². The molecule has 1 N–H and O–H groups in total. The van der Waals surface area contributed by atoms with Gasteiger partial charge in [0, 0.05) is 11.5 Å². The van der Waals surface area contributed by atoms with Crippen LogP contribution in [0.25, 0.3) is 0 Å². The van der Waals surface area contributed by atoms with Crippen LogP contribution in [0.2, 0.25) is 0 Å². The molecule has 3 heteroatoms. The molecule has 1 aliphatic heterocycles. The summed E-state index contributed by atoms with van der Waals surface area (Å²) in [6, 6.07) is 7.29. The second-order valence-electron chi connectivity index (χ2n) is 8.63. The second kappa shape index (κ2) is 7.01.